The van der Waals surface area contributed by atoms with Gasteiger partial charge in [-0.1, -0.05) is 0 Å². The summed E-state index contributed by atoms with van der Waals surface area (Å²) in [6, 6.07) is 3.36. The number of nitrogens with zero attached hydrogens (tertiary/aromatic N) is 1. The molecule has 2 rings (SSSR count). The van der Waals surface area contributed by atoms with E-state index < -0.39 is 26.1 Å². The molecule has 4 nitrogen and oxygen atoms in total. The van der Waals surface area contributed by atoms with E-state index in [1.54, 1.807) is 6.92 Å². The number of halogens is 3. The van der Waals surface area contributed by atoms with E-state index in [0.29, 0.717) is 5.56 Å². The predicted octanol–water partition coefficient (Wildman–Crippen LogP) is 3.23. The van der Waals surface area contributed by atoms with Gasteiger partial charge < -0.3 is 0 Å². The van der Waals surface area contributed by atoms with Gasteiger partial charge >= 0.3 is 0 Å². The highest BCUT2D eigenvalue weighted by molar-refractivity contribution is 9.10. The van der Waals surface area contributed by atoms with E-state index in [-0.39, 0.29) is 10.6 Å². The molecule has 0 aliphatic rings. The molecule has 2 aromatic rings. The van der Waals surface area contributed by atoms with Crippen molar-refractivity contribution in [1.82, 2.24) is 4.98 Å². The van der Waals surface area contributed by atoms with Crippen molar-refractivity contribution in [2.45, 2.75) is 11.8 Å². The van der Waals surface area contributed by atoms with E-state index in [0.717, 1.165) is 18.3 Å². The van der Waals surface area contributed by atoms with Crippen LogP contribution in [-0.4, -0.2) is 13.4 Å². The van der Waals surface area contributed by atoms with Crippen LogP contribution in [0.4, 0.5) is 14.5 Å². The summed E-state index contributed by atoms with van der Waals surface area (Å²) in [6.45, 7) is 1.68. The molecule has 0 unspecified atom stereocenters. The zero-order chi connectivity index (χ0) is 14.9. The van der Waals surface area contributed by atoms with Crippen LogP contribution in [0.5, 0.6) is 0 Å². The number of sulfonamides is 1. The lowest BCUT2D eigenvalue weighted by molar-refractivity contribution is 0.572. The zero-order valence-electron chi connectivity index (χ0n) is 10.2. The number of nitrogens with one attached hydrogen (secondary N) is 1. The van der Waals surface area contributed by atoms with Crippen molar-refractivity contribution < 1.29 is 17.2 Å². The van der Waals surface area contributed by atoms with Crippen LogP contribution in [0.3, 0.4) is 0 Å². The largest absolute Gasteiger partial charge is 0.277 e. The maximum absolute atomic E-state index is 13.8. The second-order valence-electron chi connectivity index (χ2n) is 4.03. The highest BCUT2D eigenvalue weighted by atomic mass is 79.9. The van der Waals surface area contributed by atoms with Crippen molar-refractivity contribution in [1.29, 1.82) is 0 Å². The van der Waals surface area contributed by atoms with Crippen molar-refractivity contribution in [2.75, 3.05) is 4.72 Å². The van der Waals surface area contributed by atoms with Gasteiger partial charge in [-0.2, -0.15) is 0 Å². The average Bonchev–Trinajstić information content (AvgIpc) is 2.39. The number of hydrogen-bond acceptors (Lipinski definition) is 3. The first-order valence-corrected chi connectivity index (χ1v) is 7.67. The molecule has 0 atom stereocenters. The Bertz CT molecular complexity index is 766. The maximum Gasteiger partial charge on any atom is 0.263 e. The van der Waals surface area contributed by atoms with Crippen molar-refractivity contribution in [3.63, 3.8) is 0 Å². The van der Waals surface area contributed by atoms with Crippen molar-refractivity contribution in [3.8, 4) is 0 Å². The second-order valence-corrected chi connectivity index (χ2v) is 6.50. The van der Waals surface area contributed by atoms with E-state index in [4.69, 9.17) is 0 Å². The van der Waals surface area contributed by atoms with Crippen LogP contribution in [0.15, 0.2) is 40.0 Å². The van der Waals surface area contributed by atoms with Crippen LogP contribution in [0.1, 0.15) is 5.56 Å². The van der Waals surface area contributed by atoms with Crippen LogP contribution in [-0.2, 0) is 10.0 Å². The molecule has 1 heterocycles. The lowest BCUT2D eigenvalue weighted by Gasteiger charge is -2.10. The number of aromatic nitrogens is 1. The Morgan fingerprint density at radius 3 is 2.60 bits per heavy atom. The minimum Gasteiger partial charge on any atom is -0.277 e. The van der Waals surface area contributed by atoms with Crippen LogP contribution >= 0.6 is 15.9 Å². The van der Waals surface area contributed by atoms with Gasteiger partial charge in [0.05, 0.1) is 10.2 Å². The lowest BCUT2D eigenvalue weighted by atomic mass is 10.3. The van der Waals surface area contributed by atoms with Gasteiger partial charge in [0.1, 0.15) is 10.7 Å². The summed E-state index contributed by atoms with van der Waals surface area (Å²) in [5.41, 5.74) is 0.299. The van der Waals surface area contributed by atoms with E-state index in [2.05, 4.69) is 25.6 Å². The fourth-order valence-corrected chi connectivity index (χ4v) is 2.93. The Balaban J connectivity index is 2.41. The molecule has 0 fully saturated rings. The number of hydrogen-bond donors (Lipinski definition) is 1. The first-order valence-electron chi connectivity index (χ1n) is 5.39. The van der Waals surface area contributed by atoms with E-state index in [1.165, 1.54) is 12.3 Å². The molecule has 0 aliphatic heterocycles. The minimum atomic E-state index is -3.98. The van der Waals surface area contributed by atoms with Gasteiger partial charge in [0, 0.05) is 12.4 Å². The Labute approximate surface area is 123 Å². The minimum absolute atomic E-state index is 0.0997. The lowest BCUT2D eigenvalue weighted by Crippen LogP contribution is -2.14. The van der Waals surface area contributed by atoms with Gasteiger partial charge in [-0.15, -0.1) is 0 Å². The normalized spacial score (nSPS) is 11.4. The molecule has 1 N–H and O–H groups in total. The molecule has 106 valence electrons. The van der Waals surface area contributed by atoms with E-state index in [1.807, 2.05) is 0 Å². The van der Waals surface area contributed by atoms with Gasteiger partial charge in [-0.25, -0.2) is 17.2 Å². The molecule has 20 heavy (non-hydrogen) atoms. The van der Waals surface area contributed by atoms with Crippen molar-refractivity contribution in [3.05, 3.63) is 52.3 Å². The van der Waals surface area contributed by atoms with Crippen molar-refractivity contribution in [2.24, 2.45) is 0 Å². The zero-order valence-corrected chi connectivity index (χ0v) is 12.6. The first-order chi connectivity index (χ1) is 9.31. The Hall–Kier alpha value is -1.54. The summed E-state index contributed by atoms with van der Waals surface area (Å²) in [4.78, 5) is 3.66. The quantitative estimate of drug-likeness (QED) is 0.852. The number of benzene rings is 1. The van der Waals surface area contributed by atoms with Crippen LogP contribution in [0.2, 0.25) is 0 Å². The van der Waals surface area contributed by atoms with E-state index in [9.17, 15) is 17.2 Å². The molecule has 1 aromatic carbocycles. The first kappa shape index (κ1) is 14.9. The van der Waals surface area contributed by atoms with Gasteiger partial charge in [-0.3, -0.25) is 9.71 Å². The molecule has 0 bridgehead atoms. The highest BCUT2D eigenvalue weighted by Gasteiger charge is 2.19. The molecular weight excluding hydrogens is 354 g/mol. The Morgan fingerprint density at radius 2 is 1.95 bits per heavy atom. The molecule has 8 heteroatoms. The van der Waals surface area contributed by atoms with Crippen LogP contribution < -0.4 is 4.72 Å². The smallest absolute Gasteiger partial charge is 0.263 e. The third kappa shape index (κ3) is 2.96. The Kier molecular flexibility index (Phi) is 4.05. The average molecular weight is 363 g/mol. The highest BCUT2D eigenvalue weighted by Crippen LogP contribution is 2.27. The second kappa shape index (κ2) is 5.45. The van der Waals surface area contributed by atoms with Gasteiger partial charge in [-0.05, 0) is 46.6 Å². The SMILES string of the molecule is Cc1cncc(S(=O)(=O)Nc2ccc(F)c(Br)c2F)c1. The van der Waals surface area contributed by atoms with E-state index >= 15 is 0 Å². The third-order valence-corrected chi connectivity index (χ3v) is 4.50. The maximum atomic E-state index is 13.8. The molecule has 0 saturated carbocycles. The number of rotatable bonds is 3. The van der Waals surface area contributed by atoms with Gasteiger partial charge in [0.15, 0.2) is 5.82 Å². The molecule has 0 aliphatic carbocycles. The van der Waals surface area contributed by atoms with Crippen LogP contribution in [0, 0.1) is 18.6 Å². The summed E-state index contributed by atoms with van der Waals surface area (Å²) in [5, 5.41) is 0. The monoisotopic (exact) mass is 362 g/mol. The fourth-order valence-electron chi connectivity index (χ4n) is 1.48. The molecular formula is C12H9BrF2N2O2S. The summed E-state index contributed by atoms with van der Waals surface area (Å²) in [6.07, 6.45) is 2.64. The van der Waals surface area contributed by atoms with Gasteiger partial charge in [0.25, 0.3) is 10.0 Å². The molecule has 0 radical (unpaired) electrons. The summed E-state index contributed by atoms with van der Waals surface area (Å²) < 4.78 is 52.6. The fraction of sp³-hybridized carbons (Fsp3) is 0.0833. The topological polar surface area (TPSA) is 59.1 Å². The summed E-state index contributed by atoms with van der Waals surface area (Å²) >= 11 is 2.71. The number of anilines is 1. The predicted molar refractivity (Wildman–Crippen MR) is 73.8 cm³/mol. The number of aryl methyl sites for hydroxylation is 1. The molecule has 0 saturated heterocycles. The summed E-state index contributed by atoms with van der Waals surface area (Å²) in [5.74, 6) is -1.84. The Morgan fingerprint density at radius 1 is 1.25 bits per heavy atom. The number of pyridine rings is 1. The molecule has 0 amide bonds. The standard InChI is InChI=1S/C12H9BrF2N2O2S/c1-7-4-8(6-16-5-7)20(18,19)17-10-3-2-9(14)11(13)12(10)15/h2-6,17H,1H3. The van der Waals surface area contributed by atoms with Crippen molar-refractivity contribution >= 4 is 31.6 Å². The summed E-state index contributed by atoms with van der Waals surface area (Å²) in [7, 11) is -3.98. The van der Waals surface area contributed by atoms with Gasteiger partial charge in [0.2, 0.25) is 0 Å². The van der Waals surface area contributed by atoms with Crippen LogP contribution in [0.25, 0.3) is 0 Å². The molecule has 0 spiro atoms. The molecule has 1 aromatic heterocycles. The third-order valence-electron chi connectivity index (χ3n) is 2.44.